The molecule has 2 aromatic rings. The van der Waals surface area contributed by atoms with E-state index in [0.717, 1.165) is 83.9 Å². The quantitative estimate of drug-likeness (QED) is 0.0749. The predicted octanol–water partition coefficient (Wildman–Crippen LogP) is 13.5. The second-order valence-electron chi connectivity index (χ2n) is 17.3. The first-order valence-electron chi connectivity index (χ1n) is 22.8. The number of nitrogens with zero attached hydrogens (tertiary/aromatic N) is 4. The van der Waals surface area contributed by atoms with Crippen LogP contribution in [0.1, 0.15) is 126 Å². The van der Waals surface area contributed by atoms with Gasteiger partial charge in [0.2, 0.25) is 0 Å². The van der Waals surface area contributed by atoms with E-state index in [4.69, 9.17) is 84.4 Å². The van der Waals surface area contributed by atoms with Gasteiger partial charge in [-0.05, 0) is 109 Å². The zero-order valence-electron chi connectivity index (χ0n) is 37.9. The number of amidine groups is 4. The molecule has 21 heteroatoms. The molecule has 2 heterocycles. The van der Waals surface area contributed by atoms with Crippen LogP contribution in [0.3, 0.4) is 0 Å². The van der Waals surface area contributed by atoms with Crippen molar-refractivity contribution >= 4 is 148 Å². The molecule has 0 unspecified atom stereocenters. The van der Waals surface area contributed by atoms with Crippen molar-refractivity contribution in [1.82, 2.24) is 20.4 Å². The minimum atomic E-state index is 0. The lowest BCUT2D eigenvalue weighted by Gasteiger charge is -2.31. The van der Waals surface area contributed by atoms with E-state index in [0.29, 0.717) is 31.6 Å². The summed E-state index contributed by atoms with van der Waals surface area (Å²) in [7, 11) is 0. The molecule has 0 bridgehead atoms. The van der Waals surface area contributed by atoms with Crippen LogP contribution in [0.4, 0.5) is 0 Å². The molecule has 67 heavy (non-hydrogen) atoms. The molecule has 380 valence electrons. The second-order valence-corrected chi connectivity index (χ2v) is 22.9. The number of hydrogen-bond donors (Lipinski definition) is 7. The SMILES string of the molecule is Br.Br.C.Clc1cc(CSC2=NCN(CC3CCCCC3)CN2)c(CSC2=NCN(CC3CCCCC3)CN2)cc1Cl.N=C(N)SCc1cc(Cl)c(Cl)cc1CSC(=N)N.NCC1CCCCC1. The third-order valence-electron chi connectivity index (χ3n) is 12.3. The van der Waals surface area contributed by atoms with E-state index in [1.807, 2.05) is 12.1 Å². The van der Waals surface area contributed by atoms with E-state index in [9.17, 15) is 0 Å². The maximum Gasteiger partial charge on any atom is 0.159 e. The molecule has 0 spiro atoms. The smallest absolute Gasteiger partial charge is 0.159 e. The molecule has 7 rings (SSSR count). The summed E-state index contributed by atoms with van der Waals surface area (Å²) in [6, 6.07) is 7.56. The number of nitrogens with one attached hydrogen (secondary N) is 4. The maximum absolute atomic E-state index is 7.20. The van der Waals surface area contributed by atoms with Gasteiger partial charge in [-0.2, -0.15) is 0 Å². The summed E-state index contributed by atoms with van der Waals surface area (Å²) < 4.78 is 0. The molecular weight excluding hydrogens is 1140 g/mol. The van der Waals surface area contributed by atoms with Crippen molar-refractivity contribution in [3.8, 4) is 0 Å². The van der Waals surface area contributed by atoms with Gasteiger partial charge >= 0.3 is 0 Å². The summed E-state index contributed by atoms with van der Waals surface area (Å²) in [4.78, 5) is 14.5. The Morgan fingerprint density at radius 2 is 0.866 bits per heavy atom. The van der Waals surface area contributed by atoms with Crippen LogP contribution in [0.25, 0.3) is 0 Å². The number of benzene rings is 2. The lowest BCUT2D eigenvalue weighted by atomic mass is 9.89. The number of thioether (sulfide) groups is 4. The highest BCUT2D eigenvalue weighted by molar-refractivity contribution is 8.93. The first-order chi connectivity index (χ1) is 30.9. The van der Waals surface area contributed by atoms with Crippen molar-refractivity contribution in [2.24, 2.45) is 44.9 Å². The highest BCUT2D eigenvalue weighted by atomic mass is 79.9. The Morgan fingerprint density at radius 3 is 1.13 bits per heavy atom. The normalized spacial score (nSPS) is 18.3. The van der Waals surface area contributed by atoms with Gasteiger partial charge in [-0.15, -0.1) is 34.0 Å². The third-order valence-corrected chi connectivity index (χ3v) is 17.2. The second kappa shape index (κ2) is 35.0. The van der Waals surface area contributed by atoms with Crippen molar-refractivity contribution in [2.45, 2.75) is 127 Å². The predicted molar refractivity (Wildman–Crippen MR) is 312 cm³/mol. The monoisotopic (exact) mass is 1210 g/mol. The summed E-state index contributed by atoms with van der Waals surface area (Å²) in [6.45, 7) is 6.60. The number of hydrogen-bond acceptors (Lipinski definition) is 13. The van der Waals surface area contributed by atoms with Gasteiger partial charge in [-0.25, -0.2) is 9.98 Å². The molecule has 3 saturated carbocycles. The number of nitrogens with two attached hydrogens (primary N) is 3. The topological polar surface area (TPSA) is 181 Å². The summed E-state index contributed by atoms with van der Waals surface area (Å²) in [5.41, 5.74) is 20.4. The molecule has 5 aliphatic rings. The Kier molecular flexibility index (Phi) is 32.8. The Hall–Kier alpha value is -0.280. The van der Waals surface area contributed by atoms with Gasteiger partial charge < -0.3 is 27.8 Å². The first-order valence-corrected chi connectivity index (χ1v) is 28.2. The fourth-order valence-corrected chi connectivity index (χ4v) is 12.3. The molecule has 3 aliphatic carbocycles. The first kappa shape index (κ1) is 62.8. The number of halogens is 6. The zero-order valence-corrected chi connectivity index (χ0v) is 47.6. The summed E-state index contributed by atoms with van der Waals surface area (Å²) in [5, 5.41) is 25.8. The van der Waals surface area contributed by atoms with Gasteiger partial charge in [-0.3, -0.25) is 20.6 Å². The highest BCUT2D eigenvalue weighted by Crippen LogP contribution is 2.33. The van der Waals surface area contributed by atoms with Crippen molar-refractivity contribution < 1.29 is 0 Å². The average molecular weight is 1210 g/mol. The zero-order chi connectivity index (χ0) is 45.7. The van der Waals surface area contributed by atoms with E-state index in [1.165, 1.54) is 144 Å². The van der Waals surface area contributed by atoms with Crippen molar-refractivity contribution in [1.29, 1.82) is 10.8 Å². The van der Waals surface area contributed by atoms with Gasteiger partial charge in [0.05, 0.1) is 46.8 Å². The molecular formula is C46H75Br2Cl4N11S4. The lowest BCUT2D eigenvalue weighted by Crippen LogP contribution is -2.44. The van der Waals surface area contributed by atoms with E-state index in [1.54, 1.807) is 35.7 Å². The van der Waals surface area contributed by atoms with E-state index < -0.39 is 0 Å². The van der Waals surface area contributed by atoms with Crippen molar-refractivity contribution in [3.63, 3.8) is 0 Å². The maximum atomic E-state index is 7.20. The van der Waals surface area contributed by atoms with Gasteiger partial charge in [0.15, 0.2) is 20.7 Å². The fraction of sp³-hybridized carbons (Fsp3) is 0.652. The largest absolute Gasteiger partial charge is 0.379 e. The van der Waals surface area contributed by atoms with E-state index in [2.05, 4.69) is 20.4 Å². The average Bonchev–Trinajstić information content (AvgIpc) is 3.31. The Balaban J connectivity index is 0.000000442. The van der Waals surface area contributed by atoms with Crippen LogP contribution >= 0.6 is 127 Å². The standard InChI is InChI=1S/C28H42Cl2N6S2.C10H12Cl2N4S2.C7H15N.CH4.2BrH/c29-25-11-23(15-37-27-31-17-35(18-32-27)13-21-7-3-1-4-8-21)24(12-26(25)30)16-38-28-33-19-36(20-34-28)14-22-9-5-2-6-10-22;11-7-1-5(3-17-9(13)14)6(2-8(7)12)4-18-10(15)16;8-6-7-4-2-1-3-5-7;;;/h11-12,21-22H,1-10,13-20H2,(H,31,32)(H,33,34);1-2H,3-4H2,(H3,13,14)(H3,15,16);7H,1-6,8H2;1H4;2*1H. The Bertz CT molecular complexity index is 1730. The fourth-order valence-electron chi connectivity index (χ4n) is 8.63. The van der Waals surface area contributed by atoms with Crippen LogP contribution in [0.15, 0.2) is 34.3 Å². The van der Waals surface area contributed by atoms with Gasteiger partial charge in [0.1, 0.15) is 0 Å². The van der Waals surface area contributed by atoms with Crippen LogP contribution in [-0.4, -0.2) is 76.8 Å². The lowest BCUT2D eigenvalue weighted by molar-refractivity contribution is 0.196. The molecule has 10 N–H and O–H groups in total. The van der Waals surface area contributed by atoms with Crippen LogP contribution < -0.4 is 27.8 Å². The number of rotatable bonds is 13. The summed E-state index contributed by atoms with van der Waals surface area (Å²) in [5.74, 6) is 5.26. The molecule has 0 saturated heterocycles. The van der Waals surface area contributed by atoms with E-state index >= 15 is 0 Å². The molecule has 3 fully saturated rings. The number of aliphatic imine (C=N–C) groups is 2. The van der Waals surface area contributed by atoms with Crippen LogP contribution in [-0.2, 0) is 23.0 Å². The highest BCUT2D eigenvalue weighted by Gasteiger charge is 2.22. The van der Waals surface area contributed by atoms with Gasteiger partial charge in [0, 0.05) is 36.1 Å². The minimum Gasteiger partial charge on any atom is -0.379 e. The molecule has 2 aromatic carbocycles. The van der Waals surface area contributed by atoms with Crippen LogP contribution in [0.5, 0.6) is 0 Å². The van der Waals surface area contributed by atoms with Gasteiger partial charge in [0.25, 0.3) is 0 Å². The van der Waals surface area contributed by atoms with Gasteiger partial charge in [-0.1, -0.05) is 159 Å². The minimum absolute atomic E-state index is 0. The summed E-state index contributed by atoms with van der Waals surface area (Å²) >= 11 is 30.7. The molecule has 0 aromatic heterocycles. The Morgan fingerprint density at radius 1 is 0.552 bits per heavy atom. The molecule has 0 atom stereocenters. The molecule has 0 radical (unpaired) electrons. The van der Waals surface area contributed by atoms with Crippen molar-refractivity contribution in [3.05, 3.63) is 66.6 Å². The van der Waals surface area contributed by atoms with Crippen molar-refractivity contribution in [2.75, 3.05) is 46.3 Å². The molecule has 0 amide bonds. The van der Waals surface area contributed by atoms with Crippen LogP contribution in [0, 0.1) is 28.6 Å². The summed E-state index contributed by atoms with van der Waals surface area (Å²) in [6.07, 6.45) is 20.9. The third kappa shape index (κ3) is 23.9. The molecule has 2 aliphatic heterocycles. The Labute approximate surface area is 459 Å². The van der Waals surface area contributed by atoms with Crippen LogP contribution in [0.2, 0.25) is 20.1 Å². The van der Waals surface area contributed by atoms with E-state index in [-0.39, 0.29) is 51.7 Å². The molecule has 11 nitrogen and oxygen atoms in total.